The lowest BCUT2D eigenvalue weighted by Gasteiger charge is -2.36. The van der Waals surface area contributed by atoms with Crippen LogP contribution in [0.15, 0.2) is 18.2 Å². The van der Waals surface area contributed by atoms with Gasteiger partial charge in [-0.15, -0.1) is 0 Å². The van der Waals surface area contributed by atoms with E-state index in [0.717, 1.165) is 5.56 Å². The van der Waals surface area contributed by atoms with Crippen LogP contribution in [0.1, 0.15) is 29.7 Å². The molecule has 2 aromatic carbocycles. The molecule has 138 valence electrons. The van der Waals surface area contributed by atoms with E-state index in [9.17, 15) is 22.0 Å². The zero-order valence-corrected chi connectivity index (χ0v) is 13.6. The van der Waals surface area contributed by atoms with Gasteiger partial charge < -0.3 is 14.8 Å². The van der Waals surface area contributed by atoms with Gasteiger partial charge in [0.1, 0.15) is 5.75 Å². The Morgan fingerprint density at radius 3 is 2.31 bits per heavy atom. The van der Waals surface area contributed by atoms with E-state index in [-0.39, 0.29) is 0 Å². The number of hydrogen-bond donors (Lipinski definition) is 1. The first-order valence-corrected chi connectivity index (χ1v) is 8.01. The third-order valence-electron chi connectivity index (χ3n) is 5.00. The molecule has 1 N–H and O–H groups in total. The van der Waals surface area contributed by atoms with Crippen LogP contribution in [-0.2, 0) is 4.74 Å². The standard InChI is InChI=1S/C18H14F5NO2/c1-25-7-2-3-10-9(6-7)18-8(4-5-26-18)17(24-10)11-12(19)14(21)16(23)15(22)13(11)20/h2-3,6,8,17-18,24H,4-5H2,1H3/t8-,17+,18+/m0/s1. The van der Waals surface area contributed by atoms with E-state index in [2.05, 4.69) is 5.32 Å². The first-order valence-electron chi connectivity index (χ1n) is 8.01. The molecule has 1 fully saturated rings. The zero-order chi connectivity index (χ0) is 18.6. The maximum absolute atomic E-state index is 14.3. The molecule has 2 aromatic rings. The Morgan fingerprint density at radius 2 is 1.65 bits per heavy atom. The van der Waals surface area contributed by atoms with Crippen LogP contribution in [0.2, 0.25) is 0 Å². The van der Waals surface area contributed by atoms with Crippen molar-refractivity contribution in [2.75, 3.05) is 19.0 Å². The van der Waals surface area contributed by atoms with Crippen LogP contribution in [0.4, 0.5) is 27.6 Å². The number of hydrogen-bond acceptors (Lipinski definition) is 3. The van der Waals surface area contributed by atoms with E-state index in [1.807, 2.05) is 0 Å². The molecule has 0 aliphatic carbocycles. The third-order valence-corrected chi connectivity index (χ3v) is 5.00. The molecule has 2 aliphatic heterocycles. The molecule has 1 saturated heterocycles. The number of nitrogens with one attached hydrogen (secondary N) is 1. The molecule has 26 heavy (non-hydrogen) atoms. The Bertz CT molecular complexity index is 859. The fraction of sp³-hybridized carbons (Fsp3) is 0.333. The number of anilines is 1. The number of rotatable bonds is 2. The van der Waals surface area contributed by atoms with Crippen molar-refractivity contribution in [3.63, 3.8) is 0 Å². The van der Waals surface area contributed by atoms with E-state index in [4.69, 9.17) is 9.47 Å². The molecule has 2 heterocycles. The van der Waals surface area contributed by atoms with Crippen molar-refractivity contribution >= 4 is 5.69 Å². The Morgan fingerprint density at radius 1 is 1.00 bits per heavy atom. The smallest absolute Gasteiger partial charge is 0.200 e. The van der Waals surface area contributed by atoms with Crippen LogP contribution in [0.5, 0.6) is 5.75 Å². The summed E-state index contributed by atoms with van der Waals surface area (Å²) in [5, 5.41) is 2.92. The minimum absolute atomic E-state index is 0.319. The van der Waals surface area contributed by atoms with Crippen LogP contribution in [0.25, 0.3) is 0 Å². The summed E-state index contributed by atoms with van der Waals surface area (Å²) in [6.07, 6.45) is -0.111. The Hall–Kier alpha value is -2.35. The fourth-order valence-electron chi connectivity index (χ4n) is 3.76. The quantitative estimate of drug-likeness (QED) is 0.474. The highest BCUT2D eigenvalue weighted by Crippen LogP contribution is 2.51. The van der Waals surface area contributed by atoms with Crippen molar-refractivity contribution < 1.29 is 31.4 Å². The van der Waals surface area contributed by atoms with Gasteiger partial charge in [0, 0.05) is 23.8 Å². The highest BCUT2D eigenvalue weighted by molar-refractivity contribution is 5.59. The number of fused-ring (bicyclic) bond motifs is 3. The third kappa shape index (κ3) is 2.35. The first kappa shape index (κ1) is 17.1. The van der Waals surface area contributed by atoms with Gasteiger partial charge in [-0.25, -0.2) is 22.0 Å². The highest BCUT2D eigenvalue weighted by Gasteiger charge is 2.45. The molecule has 0 bridgehead atoms. The second-order valence-corrected chi connectivity index (χ2v) is 6.30. The predicted octanol–water partition coefficient (Wildman–Crippen LogP) is 4.64. The van der Waals surface area contributed by atoms with E-state index in [0.29, 0.717) is 24.5 Å². The fourth-order valence-corrected chi connectivity index (χ4v) is 3.76. The van der Waals surface area contributed by atoms with Gasteiger partial charge in [0.25, 0.3) is 0 Å². The van der Waals surface area contributed by atoms with Gasteiger partial charge in [-0.2, -0.15) is 0 Å². The summed E-state index contributed by atoms with van der Waals surface area (Å²) in [7, 11) is 1.50. The summed E-state index contributed by atoms with van der Waals surface area (Å²) in [5.74, 6) is -9.60. The maximum Gasteiger partial charge on any atom is 0.200 e. The summed E-state index contributed by atoms with van der Waals surface area (Å²) in [6, 6.07) is 3.90. The summed E-state index contributed by atoms with van der Waals surface area (Å²) >= 11 is 0. The Balaban J connectivity index is 1.87. The van der Waals surface area contributed by atoms with Gasteiger partial charge in [-0.3, -0.25) is 0 Å². The Kier molecular flexibility index (Phi) is 4.02. The van der Waals surface area contributed by atoms with Crippen LogP contribution >= 0.6 is 0 Å². The first-order chi connectivity index (χ1) is 12.4. The molecule has 8 heteroatoms. The lowest BCUT2D eigenvalue weighted by atomic mass is 9.80. The molecule has 0 spiro atoms. The minimum atomic E-state index is -2.16. The topological polar surface area (TPSA) is 30.5 Å². The van der Waals surface area contributed by atoms with Crippen molar-refractivity contribution in [1.82, 2.24) is 0 Å². The summed E-state index contributed by atoms with van der Waals surface area (Å²) < 4.78 is 80.2. The molecular weight excluding hydrogens is 357 g/mol. The predicted molar refractivity (Wildman–Crippen MR) is 82.4 cm³/mol. The van der Waals surface area contributed by atoms with Gasteiger partial charge in [0.05, 0.1) is 24.8 Å². The lowest BCUT2D eigenvalue weighted by Crippen LogP contribution is -2.31. The molecule has 0 amide bonds. The number of benzene rings is 2. The van der Waals surface area contributed by atoms with E-state index < -0.39 is 52.7 Å². The molecule has 3 atom stereocenters. The molecule has 0 saturated carbocycles. The molecule has 2 aliphatic rings. The Labute approximate surface area is 145 Å². The SMILES string of the molecule is COc1ccc2c(c1)[C@@H]1OCC[C@H]1[C@H](c1c(F)c(F)c(F)c(F)c1F)N2. The van der Waals surface area contributed by atoms with Crippen LogP contribution < -0.4 is 10.1 Å². The van der Waals surface area contributed by atoms with Gasteiger partial charge in [0.2, 0.25) is 5.82 Å². The number of ether oxygens (including phenoxy) is 2. The highest BCUT2D eigenvalue weighted by atomic mass is 19.2. The van der Waals surface area contributed by atoms with E-state index in [1.165, 1.54) is 7.11 Å². The van der Waals surface area contributed by atoms with Gasteiger partial charge in [0.15, 0.2) is 23.3 Å². The average Bonchev–Trinajstić information content (AvgIpc) is 3.15. The molecule has 0 unspecified atom stereocenters. The molecule has 3 nitrogen and oxygen atoms in total. The molecule has 0 aromatic heterocycles. The second kappa shape index (κ2) is 6.12. The number of halogens is 5. The maximum atomic E-state index is 14.3. The van der Waals surface area contributed by atoms with Gasteiger partial charge >= 0.3 is 0 Å². The monoisotopic (exact) mass is 371 g/mol. The normalized spacial score (nSPS) is 24.0. The number of methoxy groups -OCH3 is 1. The van der Waals surface area contributed by atoms with Crippen LogP contribution in [0, 0.1) is 35.0 Å². The zero-order valence-electron chi connectivity index (χ0n) is 13.6. The van der Waals surface area contributed by atoms with Crippen molar-refractivity contribution in [2.24, 2.45) is 5.92 Å². The molecular formula is C18H14F5NO2. The van der Waals surface area contributed by atoms with Crippen molar-refractivity contribution in [1.29, 1.82) is 0 Å². The summed E-state index contributed by atoms with van der Waals surface area (Å²) in [5.41, 5.74) is 0.373. The van der Waals surface area contributed by atoms with E-state index in [1.54, 1.807) is 18.2 Å². The second-order valence-electron chi connectivity index (χ2n) is 6.30. The van der Waals surface area contributed by atoms with Crippen molar-refractivity contribution in [2.45, 2.75) is 18.6 Å². The largest absolute Gasteiger partial charge is 0.497 e. The molecule has 0 radical (unpaired) electrons. The summed E-state index contributed by atoms with van der Waals surface area (Å²) in [4.78, 5) is 0. The van der Waals surface area contributed by atoms with Crippen LogP contribution in [-0.4, -0.2) is 13.7 Å². The summed E-state index contributed by atoms with van der Waals surface area (Å²) in [6.45, 7) is 0.319. The van der Waals surface area contributed by atoms with Crippen LogP contribution in [0.3, 0.4) is 0 Å². The van der Waals surface area contributed by atoms with Gasteiger partial charge in [-0.1, -0.05) is 0 Å². The lowest BCUT2D eigenvalue weighted by molar-refractivity contribution is 0.0818. The van der Waals surface area contributed by atoms with Crippen molar-refractivity contribution in [3.8, 4) is 5.75 Å². The molecule has 4 rings (SSSR count). The van der Waals surface area contributed by atoms with Gasteiger partial charge in [-0.05, 0) is 24.6 Å². The van der Waals surface area contributed by atoms with E-state index >= 15 is 0 Å². The van der Waals surface area contributed by atoms with Crippen molar-refractivity contribution in [3.05, 3.63) is 58.4 Å². The average molecular weight is 371 g/mol. The minimum Gasteiger partial charge on any atom is -0.497 e.